The van der Waals surface area contributed by atoms with Crippen LogP contribution in [-0.4, -0.2) is 21.7 Å². The van der Waals surface area contributed by atoms with E-state index >= 15 is 0 Å². The zero-order chi connectivity index (χ0) is 13.4. The van der Waals surface area contributed by atoms with Gasteiger partial charge in [-0.3, -0.25) is 9.89 Å². The Morgan fingerprint density at radius 2 is 1.95 bits per heavy atom. The van der Waals surface area contributed by atoms with E-state index in [0.29, 0.717) is 11.3 Å². The number of aromatic amines is 1. The van der Waals surface area contributed by atoms with Crippen molar-refractivity contribution in [2.24, 2.45) is 0 Å². The highest BCUT2D eigenvalue weighted by Crippen LogP contribution is 2.20. The minimum absolute atomic E-state index is 0.121. The molecule has 0 amide bonds. The molecule has 96 valence electrons. The van der Waals surface area contributed by atoms with Crippen LogP contribution in [0, 0.1) is 6.92 Å². The van der Waals surface area contributed by atoms with Crippen LogP contribution in [0.25, 0.3) is 16.9 Å². The molecule has 2 heterocycles. The van der Waals surface area contributed by atoms with E-state index in [9.17, 15) is 4.79 Å². The van der Waals surface area contributed by atoms with E-state index in [0.717, 1.165) is 17.0 Å². The van der Waals surface area contributed by atoms with Crippen LogP contribution in [0.3, 0.4) is 0 Å². The van der Waals surface area contributed by atoms with E-state index < -0.39 is 0 Å². The zero-order valence-corrected chi connectivity index (χ0v) is 10.7. The summed E-state index contributed by atoms with van der Waals surface area (Å²) in [6, 6.07) is 10.8. The monoisotopic (exact) mass is 255 g/mol. The molecule has 5 nitrogen and oxygen atoms in total. The molecule has 0 radical (unpaired) electrons. The molecule has 2 aromatic heterocycles. The number of H-pyrrole nitrogens is 1. The number of rotatable bonds is 2. The second-order valence-corrected chi connectivity index (χ2v) is 4.34. The molecule has 0 aliphatic carbocycles. The highest BCUT2D eigenvalue weighted by molar-refractivity contribution is 5.62. The molecular weight excluding hydrogens is 242 g/mol. The molecule has 3 aromatic rings. The third-order valence-corrected chi connectivity index (χ3v) is 2.96. The summed E-state index contributed by atoms with van der Waals surface area (Å²) < 4.78 is 6.54. The minimum Gasteiger partial charge on any atom is -0.497 e. The van der Waals surface area contributed by atoms with Gasteiger partial charge in [-0.05, 0) is 31.2 Å². The first-order valence-corrected chi connectivity index (χ1v) is 5.91. The maximum Gasteiger partial charge on any atom is 0.273 e. The molecule has 1 aromatic carbocycles. The molecule has 19 heavy (non-hydrogen) atoms. The van der Waals surface area contributed by atoms with Crippen molar-refractivity contribution in [3.63, 3.8) is 0 Å². The summed E-state index contributed by atoms with van der Waals surface area (Å²) >= 11 is 0. The second kappa shape index (κ2) is 4.28. The molecule has 0 fully saturated rings. The highest BCUT2D eigenvalue weighted by Gasteiger charge is 2.06. The van der Waals surface area contributed by atoms with Crippen molar-refractivity contribution < 1.29 is 4.74 Å². The van der Waals surface area contributed by atoms with Gasteiger partial charge in [-0.15, -0.1) is 0 Å². The van der Waals surface area contributed by atoms with Gasteiger partial charge in [0, 0.05) is 23.4 Å². The van der Waals surface area contributed by atoms with E-state index in [1.165, 1.54) is 10.6 Å². The normalized spacial score (nSPS) is 10.8. The predicted molar refractivity (Wildman–Crippen MR) is 72.5 cm³/mol. The van der Waals surface area contributed by atoms with Gasteiger partial charge in [-0.1, -0.05) is 0 Å². The first kappa shape index (κ1) is 11.5. The molecule has 0 aliphatic rings. The Balaban J connectivity index is 2.16. The lowest BCUT2D eigenvalue weighted by Crippen LogP contribution is -2.14. The fourth-order valence-corrected chi connectivity index (χ4v) is 2.02. The van der Waals surface area contributed by atoms with Gasteiger partial charge in [-0.25, -0.2) is 9.50 Å². The van der Waals surface area contributed by atoms with Crippen LogP contribution in [0.15, 0.2) is 41.2 Å². The molecule has 0 bridgehead atoms. The summed E-state index contributed by atoms with van der Waals surface area (Å²) in [5.41, 5.74) is 2.95. The Kier molecular flexibility index (Phi) is 2.59. The van der Waals surface area contributed by atoms with Crippen LogP contribution in [0.4, 0.5) is 0 Å². The van der Waals surface area contributed by atoms with Crippen LogP contribution < -0.4 is 10.3 Å². The summed E-state index contributed by atoms with van der Waals surface area (Å²) in [6.07, 6.45) is 0. The molecule has 3 rings (SSSR count). The number of methoxy groups -OCH3 is 1. The number of aryl methyl sites for hydroxylation is 1. The largest absolute Gasteiger partial charge is 0.497 e. The lowest BCUT2D eigenvalue weighted by Gasteiger charge is -2.03. The number of hydrogen-bond donors (Lipinski definition) is 1. The number of nitrogens with zero attached hydrogens (tertiary/aromatic N) is 2. The third-order valence-electron chi connectivity index (χ3n) is 2.96. The van der Waals surface area contributed by atoms with Gasteiger partial charge in [0.2, 0.25) is 0 Å². The van der Waals surface area contributed by atoms with E-state index in [2.05, 4.69) is 10.1 Å². The fraction of sp³-hybridized carbons (Fsp3) is 0.143. The molecule has 0 atom stereocenters. The van der Waals surface area contributed by atoms with E-state index in [-0.39, 0.29) is 5.56 Å². The SMILES string of the molecule is COc1ccc(-c2cc(=O)n3[nH]c(C)cc3n2)cc1. The first-order valence-electron chi connectivity index (χ1n) is 5.91. The lowest BCUT2D eigenvalue weighted by molar-refractivity contribution is 0.415. The summed E-state index contributed by atoms with van der Waals surface area (Å²) in [4.78, 5) is 16.4. The Labute approximate surface area is 109 Å². The van der Waals surface area contributed by atoms with Crippen molar-refractivity contribution >= 4 is 5.65 Å². The average Bonchev–Trinajstić information content (AvgIpc) is 2.80. The Hall–Kier alpha value is -2.56. The maximum atomic E-state index is 12.0. The maximum absolute atomic E-state index is 12.0. The molecule has 1 N–H and O–H groups in total. The van der Waals surface area contributed by atoms with Gasteiger partial charge in [-0.2, -0.15) is 0 Å². The number of aromatic nitrogens is 3. The second-order valence-electron chi connectivity index (χ2n) is 4.34. The van der Waals surface area contributed by atoms with E-state index in [1.807, 2.05) is 37.3 Å². The summed E-state index contributed by atoms with van der Waals surface area (Å²) in [7, 11) is 1.62. The molecule has 0 saturated carbocycles. The predicted octanol–water partition coefficient (Wildman–Crippen LogP) is 2.01. The van der Waals surface area contributed by atoms with Gasteiger partial charge in [0.15, 0.2) is 5.65 Å². The van der Waals surface area contributed by atoms with Crippen molar-refractivity contribution in [2.75, 3.05) is 7.11 Å². The van der Waals surface area contributed by atoms with Crippen LogP contribution >= 0.6 is 0 Å². The minimum atomic E-state index is -0.121. The molecule has 0 unspecified atom stereocenters. The van der Waals surface area contributed by atoms with E-state index in [1.54, 1.807) is 7.11 Å². The Bertz CT molecular complexity index is 785. The smallest absolute Gasteiger partial charge is 0.273 e. The zero-order valence-electron chi connectivity index (χ0n) is 10.7. The van der Waals surface area contributed by atoms with Crippen molar-refractivity contribution in [1.82, 2.24) is 14.6 Å². The lowest BCUT2D eigenvalue weighted by atomic mass is 10.1. The third kappa shape index (κ3) is 1.99. The molecule has 5 heteroatoms. The summed E-state index contributed by atoms with van der Waals surface area (Å²) in [5.74, 6) is 0.777. The highest BCUT2D eigenvalue weighted by atomic mass is 16.5. The van der Waals surface area contributed by atoms with Gasteiger partial charge >= 0.3 is 0 Å². The van der Waals surface area contributed by atoms with Crippen LogP contribution in [0.2, 0.25) is 0 Å². The van der Waals surface area contributed by atoms with Gasteiger partial charge in [0.1, 0.15) is 5.75 Å². The molecule has 0 spiro atoms. The van der Waals surface area contributed by atoms with Gasteiger partial charge in [0.05, 0.1) is 12.8 Å². The number of benzene rings is 1. The van der Waals surface area contributed by atoms with Crippen LogP contribution in [0.1, 0.15) is 5.69 Å². The topological polar surface area (TPSA) is 59.4 Å². The van der Waals surface area contributed by atoms with E-state index in [4.69, 9.17) is 4.74 Å². The van der Waals surface area contributed by atoms with Gasteiger partial charge in [0.25, 0.3) is 5.56 Å². The standard InChI is InChI=1S/C14H13N3O2/c1-9-7-13-15-12(8-14(18)17(13)16-9)10-3-5-11(19-2)6-4-10/h3-8,16H,1-2H3. The first-order chi connectivity index (χ1) is 9.17. The number of ether oxygens (including phenoxy) is 1. The fourth-order valence-electron chi connectivity index (χ4n) is 2.02. The average molecular weight is 255 g/mol. The number of hydrogen-bond acceptors (Lipinski definition) is 3. The number of fused-ring (bicyclic) bond motifs is 1. The Morgan fingerprint density at radius 1 is 1.21 bits per heavy atom. The molecular formula is C14H13N3O2. The molecule has 0 saturated heterocycles. The Morgan fingerprint density at radius 3 is 2.63 bits per heavy atom. The van der Waals surface area contributed by atoms with Crippen molar-refractivity contribution in [3.05, 3.63) is 52.4 Å². The summed E-state index contributed by atoms with van der Waals surface area (Å²) in [5, 5.41) is 2.95. The summed E-state index contributed by atoms with van der Waals surface area (Å²) in [6.45, 7) is 1.89. The van der Waals surface area contributed by atoms with Crippen molar-refractivity contribution in [1.29, 1.82) is 0 Å². The molecule has 0 aliphatic heterocycles. The number of nitrogens with one attached hydrogen (secondary N) is 1. The van der Waals surface area contributed by atoms with Gasteiger partial charge < -0.3 is 4.74 Å². The van der Waals surface area contributed by atoms with Crippen molar-refractivity contribution in [2.45, 2.75) is 6.92 Å². The van der Waals surface area contributed by atoms with Crippen LogP contribution in [0.5, 0.6) is 5.75 Å². The quantitative estimate of drug-likeness (QED) is 0.762. The van der Waals surface area contributed by atoms with Crippen LogP contribution in [-0.2, 0) is 0 Å². The van der Waals surface area contributed by atoms with Crippen molar-refractivity contribution in [3.8, 4) is 17.0 Å².